The molecule has 1 aromatic rings. The molecular formula is C11H12N4O3. The molecule has 1 atom stereocenters. The third kappa shape index (κ3) is 2.02. The number of nitrogens with one attached hydrogen (secondary N) is 1. The summed E-state index contributed by atoms with van der Waals surface area (Å²) in [4.78, 5) is 32.6. The first-order valence-corrected chi connectivity index (χ1v) is 5.28. The number of carbonyl (C=O) groups excluding carboxylic acids is 2. The summed E-state index contributed by atoms with van der Waals surface area (Å²) >= 11 is 0. The highest BCUT2D eigenvalue weighted by atomic mass is 16.6. The molecule has 0 radical (unpaired) electrons. The highest BCUT2D eigenvalue weighted by Gasteiger charge is 2.35. The molecule has 1 aromatic heterocycles. The smallest absolute Gasteiger partial charge is 0.415 e. The van der Waals surface area contributed by atoms with Gasteiger partial charge in [0.1, 0.15) is 18.1 Å². The van der Waals surface area contributed by atoms with Crippen LogP contribution in [0, 0.1) is 0 Å². The molecule has 0 aromatic carbocycles. The Labute approximate surface area is 103 Å². The Bertz CT molecular complexity index is 529. The number of amides is 2. The van der Waals surface area contributed by atoms with Crippen molar-refractivity contribution in [1.29, 1.82) is 0 Å². The zero-order chi connectivity index (χ0) is 13.3. The van der Waals surface area contributed by atoms with Gasteiger partial charge in [-0.3, -0.25) is 9.69 Å². The molecule has 0 spiro atoms. The van der Waals surface area contributed by atoms with E-state index in [1.54, 1.807) is 13.8 Å². The molecule has 1 N–H and O–H groups in total. The zero-order valence-corrected chi connectivity index (χ0v) is 10.0. The quantitative estimate of drug-likeness (QED) is 0.757. The third-order valence-electron chi connectivity index (χ3n) is 2.42. The lowest BCUT2D eigenvalue weighted by Gasteiger charge is -2.32. The molecule has 0 fully saturated rings. The Morgan fingerprint density at radius 3 is 3.00 bits per heavy atom. The summed E-state index contributed by atoms with van der Waals surface area (Å²) in [5, 5.41) is 2.59. The summed E-state index contributed by atoms with van der Waals surface area (Å²) in [5.74, 6) is 0.197. The Morgan fingerprint density at radius 1 is 1.61 bits per heavy atom. The van der Waals surface area contributed by atoms with E-state index in [0.29, 0.717) is 5.69 Å². The lowest BCUT2D eigenvalue weighted by atomic mass is 10.2. The van der Waals surface area contributed by atoms with Gasteiger partial charge in [-0.05, 0) is 13.8 Å². The number of hydrogen-bond acceptors (Lipinski definition) is 5. The minimum atomic E-state index is -0.699. The van der Waals surface area contributed by atoms with Crippen molar-refractivity contribution in [3.05, 3.63) is 24.9 Å². The van der Waals surface area contributed by atoms with Crippen LogP contribution in [0.4, 0.5) is 16.3 Å². The van der Waals surface area contributed by atoms with E-state index in [1.807, 2.05) is 0 Å². The average molecular weight is 248 g/mol. The predicted octanol–water partition coefficient (Wildman–Crippen LogP) is 1.29. The van der Waals surface area contributed by atoms with Crippen LogP contribution in [0.2, 0.25) is 0 Å². The van der Waals surface area contributed by atoms with Gasteiger partial charge in [0.15, 0.2) is 5.82 Å². The first kappa shape index (κ1) is 12.0. The van der Waals surface area contributed by atoms with Crippen LogP contribution in [0.1, 0.15) is 13.8 Å². The highest BCUT2D eigenvalue weighted by molar-refractivity contribution is 6.09. The van der Waals surface area contributed by atoms with Crippen molar-refractivity contribution in [3.63, 3.8) is 0 Å². The van der Waals surface area contributed by atoms with Gasteiger partial charge in [0.25, 0.3) is 0 Å². The van der Waals surface area contributed by atoms with E-state index in [0.717, 1.165) is 0 Å². The number of ether oxygens (including phenoxy) is 1. The molecule has 1 unspecified atom stereocenters. The van der Waals surface area contributed by atoms with Crippen molar-refractivity contribution in [3.8, 4) is 0 Å². The second-order valence-corrected chi connectivity index (χ2v) is 3.86. The number of fused-ring (bicyclic) bond motifs is 1. The summed E-state index contributed by atoms with van der Waals surface area (Å²) in [7, 11) is 0. The number of allylic oxidation sites excluding steroid dienone is 1. The summed E-state index contributed by atoms with van der Waals surface area (Å²) in [6.45, 7) is 6.63. The molecule has 7 nitrogen and oxygen atoms in total. The van der Waals surface area contributed by atoms with Crippen LogP contribution in [0.25, 0.3) is 0 Å². The first-order chi connectivity index (χ1) is 8.50. The van der Waals surface area contributed by atoms with Crippen molar-refractivity contribution < 1.29 is 14.3 Å². The van der Waals surface area contributed by atoms with E-state index < -0.39 is 12.1 Å². The topological polar surface area (TPSA) is 84.4 Å². The summed E-state index contributed by atoms with van der Waals surface area (Å²) in [6, 6.07) is -0.699. The molecule has 2 amide bonds. The van der Waals surface area contributed by atoms with Crippen molar-refractivity contribution in [2.24, 2.45) is 0 Å². The fourth-order valence-electron chi connectivity index (χ4n) is 1.60. The third-order valence-corrected chi connectivity index (χ3v) is 2.42. The lowest BCUT2D eigenvalue weighted by molar-refractivity contribution is -0.117. The van der Waals surface area contributed by atoms with Gasteiger partial charge >= 0.3 is 6.09 Å². The maximum absolute atomic E-state index is 11.9. The van der Waals surface area contributed by atoms with E-state index >= 15 is 0 Å². The van der Waals surface area contributed by atoms with Crippen molar-refractivity contribution >= 4 is 23.5 Å². The number of hydrogen-bond donors (Lipinski definition) is 1. The fraction of sp³-hybridized carbons (Fsp3) is 0.273. The number of nitrogens with zero attached hydrogens (tertiary/aromatic N) is 3. The molecule has 1 aliphatic heterocycles. The first-order valence-electron chi connectivity index (χ1n) is 5.28. The van der Waals surface area contributed by atoms with E-state index in [9.17, 15) is 9.59 Å². The normalized spacial score (nSPS) is 17.8. The second kappa shape index (κ2) is 4.44. The molecule has 2 rings (SSSR count). The molecule has 0 saturated heterocycles. The van der Waals surface area contributed by atoms with E-state index in [4.69, 9.17) is 4.74 Å². The van der Waals surface area contributed by atoms with Crippen LogP contribution < -0.4 is 10.2 Å². The molecule has 7 heteroatoms. The Hall–Kier alpha value is -2.44. The van der Waals surface area contributed by atoms with Crippen LogP contribution in [-0.2, 0) is 9.53 Å². The summed E-state index contributed by atoms with van der Waals surface area (Å²) < 4.78 is 4.92. The van der Waals surface area contributed by atoms with E-state index in [-0.39, 0.29) is 17.5 Å². The number of aromatic nitrogens is 2. The van der Waals surface area contributed by atoms with Crippen molar-refractivity contribution in [2.45, 2.75) is 19.9 Å². The Balaban J connectivity index is 2.41. The molecular weight excluding hydrogens is 236 g/mol. The van der Waals surface area contributed by atoms with Crippen LogP contribution in [0.3, 0.4) is 0 Å². The SMILES string of the molecule is C=C(C)OC(=O)N1c2cncnc2NC(=O)C1C. The fourth-order valence-corrected chi connectivity index (χ4v) is 1.60. The van der Waals surface area contributed by atoms with Gasteiger partial charge in [-0.15, -0.1) is 0 Å². The summed E-state index contributed by atoms with van der Waals surface area (Å²) in [6.07, 6.45) is 2.05. The van der Waals surface area contributed by atoms with Crippen molar-refractivity contribution in [2.75, 3.05) is 10.2 Å². The van der Waals surface area contributed by atoms with Gasteiger partial charge in [-0.25, -0.2) is 14.8 Å². The molecule has 2 heterocycles. The minimum Gasteiger partial charge on any atom is -0.415 e. The maximum atomic E-state index is 11.9. The molecule has 1 aliphatic rings. The van der Waals surface area contributed by atoms with Crippen LogP contribution >= 0.6 is 0 Å². The van der Waals surface area contributed by atoms with E-state index in [2.05, 4.69) is 21.9 Å². The van der Waals surface area contributed by atoms with Crippen LogP contribution in [-0.4, -0.2) is 28.0 Å². The van der Waals surface area contributed by atoms with Gasteiger partial charge in [0.05, 0.1) is 12.0 Å². The molecule has 0 bridgehead atoms. The van der Waals surface area contributed by atoms with Crippen LogP contribution in [0.15, 0.2) is 24.9 Å². The Morgan fingerprint density at radius 2 is 2.33 bits per heavy atom. The number of anilines is 2. The highest BCUT2D eigenvalue weighted by Crippen LogP contribution is 2.29. The molecule has 0 aliphatic carbocycles. The minimum absolute atomic E-state index is 0.247. The van der Waals surface area contributed by atoms with Gasteiger partial charge < -0.3 is 10.1 Å². The van der Waals surface area contributed by atoms with Gasteiger partial charge in [-0.1, -0.05) is 6.58 Å². The maximum Gasteiger partial charge on any atom is 0.420 e. The standard InChI is InChI=1S/C11H12N4O3/c1-6(2)18-11(17)15-7(3)10(16)14-9-8(15)4-12-5-13-9/h4-5,7H,1H2,2-3H3,(H,12,13,14,16). The van der Waals surface area contributed by atoms with Gasteiger partial charge in [0.2, 0.25) is 5.91 Å². The van der Waals surface area contributed by atoms with Gasteiger partial charge in [-0.2, -0.15) is 0 Å². The predicted molar refractivity (Wildman–Crippen MR) is 63.9 cm³/mol. The zero-order valence-electron chi connectivity index (χ0n) is 10.0. The van der Waals surface area contributed by atoms with E-state index in [1.165, 1.54) is 17.4 Å². The largest absolute Gasteiger partial charge is 0.420 e. The summed E-state index contributed by atoms with van der Waals surface area (Å²) in [5.41, 5.74) is 0.399. The monoisotopic (exact) mass is 248 g/mol. The lowest BCUT2D eigenvalue weighted by Crippen LogP contribution is -2.49. The molecule has 18 heavy (non-hydrogen) atoms. The van der Waals surface area contributed by atoms with Crippen molar-refractivity contribution in [1.82, 2.24) is 9.97 Å². The number of carbonyl (C=O) groups is 2. The van der Waals surface area contributed by atoms with Crippen LogP contribution in [0.5, 0.6) is 0 Å². The number of rotatable bonds is 1. The molecule has 94 valence electrons. The average Bonchev–Trinajstić information content (AvgIpc) is 2.29. The van der Waals surface area contributed by atoms with Gasteiger partial charge in [0, 0.05) is 0 Å². The molecule has 0 saturated carbocycles. The second-order valence-electron chi connectivity index (χ2n) is 3.86. The Kier molecular flexibility index (Phi) is 2.97.